The van der Waals surface area contributed by atoms with Crippen molar-refractivity contribution in [1.82, 2.24) is 9.88 Å². The first-order valence-electron chi connectivity index (χ1n) is 10.4. The highest BCUT2D eigenvalue weighted by Gasteiger charge is 2.41. The van der Waals surface area contributed by atoms with E-state index in [0.29, 0.717) is 29.6 Å². The normalized spacial score (nSPS) is 23.6. The number of nitrogens with zero attached hydrogens (tertiary/aromatic N) is 2. The van der Waals surface area contributed by atoms with Crippen LogP contribution in [0.1, 0.15) is 44.9 Å². The summed E-state index contributed by atoms with van der Waals surface area (Å²) in [6, 6.07) is -0.455. The number of amides is 1. The predicted octanol–water partition coefficient (Wildman–Crippen LogP) is 3.14. The number of anilines is 1. The maximum absolute atomic E-state index is 13.2. The molecule has 0 saturated heterocycles. The van der Waals surface area contributed by atoms with Crippen LogP contribution in [-0.2, 0) is 19.4 Å². The summed E-state index contributed by atoms with van der Waals surface area (Å²) in [5.41, 5.74) is 0.532. The third-order valence-corrected chi connectivity index (χ3v) is 8.17. The van der Waals surface area contributed by atoms with Gasteiger partial charge in [0.05, 0.1) is 10.8 Å². The molecule has 0 aromatic carbocycles. The molecular formula is C21H27N3O4S2. The summed E-state index contributed by atoms with van der Waals surface area (Å²) >= 11 is 1.36. The van der Waals surface area contributed by atoms with Crippen LogP contribution in [0.5, 0.6) is 0 Å². The Morgan fingerprint density at radius 1 is 1.33 bits per heavy atom. The summed E-state index contributed by atoms with van der Waals surface area (Å²) in [6.45, 7) is 0.351. The van der Waals surface area contributed by atoms with Crippen molar-refractivity contribution in [3.05, 3.63) is 34.3 Å². The van der Waals surface area contributed by atoms with Gasteiger partial charge in [-0.1, -0.05) is 38.2 Å². The van der Waals surface area contributed by atoms with Crippen LogP contribution in [0.4, 0.5) is 5.13 Å². The fourth-order valence-corrected chi connectivity index (χ4v) is 6.32. The molecule has 2 heterocycles. The van der Waals surface area contributed by atoms with Crippen molar-refractivity contribution in [2.75, 3.05) is 18.1 Å². The van der Waals surface area contributed by atoms with E-state index in [0.717, 1.165) is 12.8 Å². The molecule has 7 nitrogen and oxygen atoms in total. The second-order valence-corrected chi connectivity index (χ2v) is 11.3. The zero-order chi connectivity index (χ0) is 21.3. The van der Waals surface area contributed by atoms with Crippen molar-refractivity contribution < 1.29 is 18.0 Å². The molecule has 2 aliphatic carbocycles. The van der Waals surface area contributed by atoms with Crippen molar-refractivity contribution in [2.24, 2.45) is 11.8 Å². The van der Waals surface area contributed by atoms with E-state index >= 15 is 0 Å². The zero-order valence-electron chi connectivity index (χ0n) is 17.0. The lowest BCUT2D eigenvalue weighted by molar-refractivity contribution is -0.123. The van der Waals surface area contributed by atoms with Gasteiger partial charge in [0.2, 0.25) is 5.91 Å². The van der Waals surface area contributed by atoms with Gasteiger partial charge in [0.1, 0.15) is 11.8 Å². The highest BCUT2D eigenvalue weighted by atomic mass is 32.2. The molecule has 0 bridgehead atoms. The molecule has 1 aromatic rings. The molecule has 1 fully saturated rings. The van der Waals surface area contributed by atoms with Gasteiger partial charge in [-0.3, -0.25) is 9.59 Å². The van der Waals surface area contributed by atoms with Gasteiger partial charge in [0.15, 0.2) is 15.0 Å². The maximum atomic E-state index is 13.2. The molecule has 1 N–H and O–H groups in total. The predicted molar refractivity (Wildman–Crippen MR) is 117 cm³/mol. The van der Waals surface area contributed by atoms with Crippen LogP contribution in [0.2, 0.25) is 0 Å². The summed E-state index contributed by atoms with van der Waals surface area (Å²) in [4.78, 5) is 32.0. The fourth-order valence-electron chi connectivity index (χ4n) is 4.78. The lowest BCUT2D eigenvalue weighted by Gasteiger charge is -2.32. The molecule has 1 saturated carbocycles. The Morgan fingerprint density at radius 3 is 2.77 bits per heavy atom. The van der Waals surface area contributed by atoms with Gasteiger partial charge in [0, 0.05) is 37.0 Å². The fraction of sp³-hybridized carbons (Fsp3) is 0.571. The molecule has 1 amide bonds. The van der Waals surface area contributed by atoms with Gasteiger partial charge in [0.25, 0.3) is 0 Å². The number of hydrogen-bond donors (Lipinski definition) is 1. The maximum Gasteiger partial charge on any atom is 0.248 e. The quantitative estimate of drug-likeness (QED) is 0.717. The highest BCUT2D eigenvalue weighted by molar-refractivity contribution is 7.94. The molecule has 1 aliphatic heterocycles. The Morgan fingerprint density at radius 2 is 2.10 bits per heavy atom. The van der Waals surface area contributed by atoms with E-state index in [4.69, 9.17) is 0 Å². The lowest BCUT2D eigenvalue weighted by atomic mass is 9.84. The first kappa shape index (κ1) is 21.2. The van der Waals surface area contributed by atoms with Crippen LogP contribution in [0, 0.1) is 11.8 Å². The van der Waals surface area contributed by atoms with Gasteiger partial charge >= 0.3 is 0 Å². The minimum absolute atomic E-state index is 0.00731. The Labute approximate surface area is 181 Å². The van der Waals surface area contributed by atoms with Crippen molar-refractivity contribution >= 4 is 38.0 Å². The van der Waals surface area contributed by atoms with Crippen LogP contribution in [-0.4, -0.2) is 48.8 Å². The van der Waals surface area contributed by atoms with E-state index < -0.39 is 21.8 Å². The number of Topliss-reactive ketones (excluding diaryl/α,β-unsaturated/α-hetero) is 1. The van der Waals surface area contributed by atoms with Crippen LogP contribution in [0.15, 0.2) is 34.3 Å². The molecule has 3 aliphatic rings. The van der Waals surface area contributed by atoms with Crippen LogP contribution < -0.4 is 5.32 Å². The lowest BCUT2D eigenvalue weighted by Crippen LogP contribution is -2.43. The number of nitrogens with one attached hydrogen (secondary N) is 1. The molecule has 0 spiro atoms. The number of hydrogen-bond acceptors (Lipinski definition) is 7. The average Bonchev–Trinajstić information content (AvgIpc) is 3.36. The van der Waals surface area contributed by atoms with Gasteiger partial charge in [-0.2, -0.15) is 0 Å². The van der Waals surface area contributed by atoms with E-state index in [1.165, 1.54) is 42.9 Å². The van der Waals surface area contributed by atoms with Crippen molar-refractivity contribution in [3.8, 4) is 0 Å². The topological polar surface area (TPSA) is 96.4 Å². The number of rotatable bonds is 6. The monoisotopic (exact) mass is 449 g/mol. The Bertz CT molecular complexity index is 976. The van der Waals surface area contributed by atoms with E-state index in [-0.39, 0.29) is 23.0 Å². The Kier molecular flexibility index (Phi) is 6.11. The molecule has 30 heavy (non-hydrogen) atoms. The number of aromatic nitrogens is 1. The number of thiazole rings is 1. The van der Waals surface area contributed by atoms with Crippen molar-refractivity contribution in [2.45, 2.75) is 51.0 Å². The minimum Gasteiger partial charge on any atom is -0.364 e. The smallest absolute Gasteiger partial charge is 0.248 e. The first-order valence-corrected chi connectivity index (χ1v) is 13.2. The molecule has 0 radical (unpaired) electrons. The number of fused-ring (bicyclic) bond motifs is 1. The average molecular weight is 450 g/mol. The van der Waals surface area contributed by atoms with Crippen LogP contribution >= 0.6 is 11.3 Å². The van der Waals surface area contributed by atoms with E-state index in [9.17, 15) is 18.0 Å². The van der Waals surface area contributed by atoms with Gasteiger partial charge < -0.3 is 10.2 Å². The van der Waals surface area contributed by atoms with E-state index in [1.54, 1.807) is 17.8 Å². The number of allylic oxidation sites excluding steroid dienone is 2. The number of ketones is 1. The zero-order valence-corrected chi connectivity index (χ0v) is 18.7. The Hall–Kier alpha value is -2.00. The SMILES string of the molecule is CS(=O)(=O)C1=CCC(=O)C2CN([C@@H](CC3CCCCC3)C(=O)Nc3nccs3)C=C12. The summed E-state index contributed by atoms with van der Waals surface area (Å²) in [6.07, 6.45) is 12.7. The van der Waals surface area contributed by atoms with Crippen LogP contribution in [0.25, 0.3) is 0 Å². The van der Waals surface area contributed by atoms with Gasteiger partial charge in [-0.25, -0.2) is 13.4 Å². The largest absolute Gasteiger partial charge is 0.364 e. The van der Waals surface area contributed by atoms with Crippen molar-refractivity contribution in [1.29, 1.82) is 0 Å². The van der Waals surface area contributed by atoms with Crippen LogP contribution in [0.3, 0.4) is 0 Å². The molecule has 9 heteroatoms. The summed E-state index contributed by atoms with van der Waals surface area (Å²) < 4.78 is 24.5. The van der Waals surface area contributed by atoms with E-state index in [2.05, 4.69) is 10.3 Å². The second kappa shape index (κ2) is 8.63. The summed E-state index contributed by atoms with van der Waals surface area (Å²) in [5.74, 6) is -0.176. The van der Waals surface area contributed by atoms with E-state index in [1.807, 2.05) is 4.90 Å². The van der Waals surface area contributed by atoms with Crippen molar-refractivity contribution in [3.63, 3.8) is 0 Å². The summed E-state index contributed by atoms with van der Waals surface area (Å²) in [5, 5.41) is 5.25. The first-order chi connectivity index (χ1) is 14.3. The minimum atomic E-state index is -3.44. The third kappa shape index (κ3) is 4.51. The number of carbonyl (C=O) groups excluding carboxylic acids is 2. The Balaban J connectivity index is 1.61. The number of carbonyl (C=O) groups is 2. The molecule has 162 valence electrons. The third-order valence-electron chi connectivity index (χ3n) is 6.28. The summed E-state index contributed by atoms with van der Waals surface area (Å²) in [7, 11) is -3.44. The molecule has 1 aromatic heterocycles. The molecule has 4 rings (SSSR count). The number of sulfone groups is 1. The highest BCUT2D eigenvalue weighted by Crippen LogP contribution is 2.38. The van der Waals surface area contributed by atoms with Gasteiger partial charge in [-0.15, -0.1) is 11.3 Å². The molecule has 2 atom stereocenters. The standard InChI is InChI=1S/C21H27N3O4S2/c1-30(27,28)19-8-7-18(25)15-12-24(13-16(15)19)17(11-14-5-3-2-4-6-14)20(26)23-21-22-9-10-29-21/h8-10,13-15,17H,2-7,11-12H2,1H3,(H,22,23,26)/t15?,17-/m0/s1. The second-order valence-electron chi connectivity index (χ2n) is 8.43. The van der Waals surface area contributed by atoms with Gasteiger partial charge in [-0.05, 0) is 17.9 Å². The molecule has 1 unspecified atom stereocenters. The molecular weight excluding hydrogens is 422 g/mol.